The second kappa shape index (κ2) is 9.57. The van der Waals surface area contributed by atoms with Crippen LogP contribution in [0.25, 0.3) is 17.1 Å². The summed E-state index contributed by atoms with van der Waals surface area (Å²) < 4.78 is 15.3. The van der Waals surface area contributed by atoms with Crippen molar-refractivity contribution in [3.05, 3.63) is 96.3 Å². The Hall–Kier alpha value is -3.45. The Bertz CT molecular complexity index is 1150. The number of nitrogens with zero attached hydrogens (tertiary/aromatic N) is 3. The van der Waals surface area contributed by atoms with Crippen LogP contribution < -0.4 is 5.32 Å². The van der Waals surface area contributed by atoms with Crippen LogP contribution in [-0.4, -0.2) is 25.9 Å². The maximum Gasteiger partial charge on any atom is 0.233 e. The summed E-state index contributed by atoms with van der Waals surface area (Å²) in [7, 11) is 0. The number of nitrogens with one attached hydrogen (secondary N) is 1. The van der Waals surface area contributed by atoms with E-state index in [0.29, 0.717) is 17.5 Å². The number of carbonyl (C=O) groups is 1. The zero-order chi connectivity index (χ0) is 21.6. The molecule has 0 aliphatic heterocycles. The highest BCUT2D eigenvalue weighted by molar-refractivity contribution is 8.00. The van der Waals surface area contributed by atoms with Crippen molar-refractivity contribution in [3.8, 4) is 17.1 Å². The Balaban J connectivity index is 1.58. The van der Waals surface area contributed by atoms with Gasteiger partial charge in [0.2, 0.25) is 5.91 Å². The van der Waals surface area contributed by atoms with Gasteiger partial charge in [0.25, 0.3) is 0 Å². The molecule has 1 amide bonds. The molecule has 5 nitrogen and oxygen atoms in total. The molecule has 0 aliphatic rings. The van der Waals surface area contributed by atoms with Gasteiger partial charge in [-0.1, -0.05) is 72.4 Å². The molecule has 0 radical (unpaired) electrons. The molecule has 0 bridgehead atoms. The van der Waals surface area contributed by atoms with E-state index in [-0.39, 0.29) is 11.7 Å². The Morgan fingerprint density at radius 1 is 0.968 bits per heavy atom. The van der Waals surface area contributed by atoms with E-state index in [9.17, 15) is 9.18 Å². The van der Waals surface area contributed by atoms with Gasteiger partial charge in [0, 0.05) is 17.8 Å². The second-order valence-electron chi connectivity index (χ2n) is 6.95. The molecule has 1 atom stereocenters. The van der Waals surface area contributed by atoms with Gasteiger partial charge in [-0.25, -0.2) is 4.39 Å². The van der Waals surface area contributed by atoms with Crippen LogP contribution in [0.3, 0.4) is 0 Å². The Morgan fingerprint density at radius 3 is 2.29 bits per heavy atom. The van der Waals surface area contributed by atoms with Gasteiger partial charge >= 0.3 is 0 Å². The first-order valence-electron chi connectivity index (χ1n) is 9.87. The molecule has 1 unspecified atom stereocenters. The van der Waals surface area contributed by atoms with E-state index in [4.69, 9.17) is 0 Å². The van der Waals surface area contributed by atoms with Crippen LogP contribution in [0.5, 0.6) is 0 Å². The number of aromatic nitrogens is 3. The number of hydrogen-bond acceptors (Lipinski definition) is 4. The van der Waals surface area contributed by atoms with Crippen LogP contribution in [0, 0.1) is 5.82 Å². The standard InChI is InChI=1S/C24H21FN4OS/c1-17(23(30)26-16-18-8-4-2-5-9-18)31-24-28-27-22(19-10-6-3-7-11-19)29(24)21-14-12-20(25)13-15-21/h2-15,17H,16H2,1H3,(H,26,30). The van der Waals surface area contributed by atoms with Crippen LogP contribution in [0.4, 0.5) is 4.39 Å². The minimum absolute atomic E-state index is 0.0937. The smallest absolute Gasteiger partial charge is 0.233 e. The summed E-state index contributed by atoms with van der Waals surface area (Å²) >= 11 is 1.31. The van der Waals surface area contributed by atoms with E-state index in [1.165, 1.54) is 23.9 Å². The molecular weight excluding hydrogens is 411 g/mol. The zero-order valence-electron chi connectivity index (χ0n) is 16.9. The number of rotatable bonds is 7. The molecule has 0 fully saturated rings. The molecule has 3 aromatic carbocycles. The molecule has 1 aromatic heterocycles. The highest BCUT2D eigenvalue weighted by atomic mass is 32.2. The Kier molecular flexibility index (Phi) is 6.43. The molecule has 156 valence electrons. The van der Waals surface area contributed by atoms with E-state index >= 15 is 0 Å². The number of carbonyl (C=O) groups excluding carboxylic acids is 1. The lowest BCUT2D eigenvalue weighted by Crippen LogP contribution is -2.30. The summed E-state index contributed by atoms with van der Waals surface area (Å²) in [6.07, 6.45) is 0. The first-order valence-corrected chi connectivity index (χ1v) is 10.7. The largest absolute Gasteiger partial charge is 0.351 e. The highest BCUT2D eigenvalue weighted by Gasteiger charge is 2.21. The zero-order valence-corrected chi connectivity index (χ0v) is 17.7. The van der Waals surface area contributed by atoms with E-state index < -0.39 is 5.25 Å². The van der Waals surface area contributed by atoms with Gasteiger partial charge in [0.15, 0.2) is 11.0 Å². The van der Waals surface area contributed by atoms with Crippen molar-refractivity contribution in [2.24, 2.45) is 0 Å². The van der Waals surface area contributed by atoms with Crippen molar-refractivity contribution in [2.75, 3.05) is 0 Å². The molecule has 31 heavy (non-hydrogen) atoms. The minimum atomic E-state index is -0.393. The normalized spacial score (nSPS) is 11.8. The summed E-state index contributed by atoms with van der Waals surface area (Å²) in [4.78, 5) is 12.7. The Morgan fingerprint density at radius 2 is 1.61 bits per heavy atom. The third-order valence-corrected chi connectivity index (χ3v) is 5.75. The van der Waals surface area contributed by atoms with Crippen LogP contribution in [0.15, 0.2) is 90.1 Å². The van der Waals surface area contributed by atoms with Crippen LogP contribution in [0.2, 0.25) is 0 Å². The van der Waals surface area contributed by atoms with Gasteiger partial charge in [0.1, 0.15) is 5.82 Å². The van der Waals surface area contributed by atoms with Gasteiger partial charge in [-0.3, -0.25) is 9.36 Å². The van der Waals surface area contributed by atoms with Crippen molar-refractivity contribution in [2.45, 2.75) is 23.9 Å². The molecule has 4 aromatic rings. The molecule has 1 heterocycles. The average Bonchev–Trinajstić information content (AvgIpc) is 3.22. The number of thioether (sulfide) groups is 1. The third kappa shape index (κ3) is 5.00. The molecule has 7 heteroatoms. The SMILES string of the molecule is CC(Sc1nnc(-c2ccccc2)n1-c1ccc(F)cc1)C(=O)NCc1ccccc1. The van der Waals surface area contributed by atoms with E-state index in [1.54, 1.807) is 12.1 Å². The fraction of sp³-hybridized carbons (Fsp3) is 0.125. The summed E-state index contributed by atoms with van der Waals surface area (Å²) in [5.74, 6) is 0.219. The summed E-state index contributed by atoms with van der Waals surface area (Å²) in [5.41, 5.74) is 2.64. The monoisotopic (exact) mass is 432 g/mol. The fourth-order valence-electron chi connectivity index (χ4n) is 3.08. The highest BCUT2D eigenvalue weighted by Crippen LogP contribution is 2.30. The van der Waals surface area contributed by atoms with Gasteiger partial charge in [-0.2, -0.15) is 0 Å². The molecule has 1 N–H and O–H groups in total. The van der Waals surface area contributed by atoms with Crippen LogP contribution in [-0.2, 0) is 11.3 Å². The maximum absolute atomic E-state index is 13.5. The predicted molar refractivity (Wildman–Crippen MR) is 120 cm³/mol. The van der Waals surface area contributed by atoms with Crippen LogP contribution >= 0.6 is 11.8 Å². The first kappa shape index (κ1) is 20.8. The lowest BCUT2D eigenvalue weighted by Gasteiger charge is -2.14. The summed E-state index contributed by atoms with van der Waals surface area (Å²) in [6.45, 7) is 2.29. The van der Waals surface area contributed by atoms with Gasteiger partial charge in [0.05, 0.1) is 5.25 Å². The van der Waals surface area contributed by atoms with E-state index in [2.05, 4.69) is 15.5 Å². The average molecular weight is 433 g/mol. The third-order valence-electron chi connectivity index (χ3n) is 4.71. The molecule has 4 rings (SSSR count). The van der Waals surface area contributed by atoms with Crippen LogP contribution in [0.1, 0.15) is 12.5 Å². The number of amides is 1. The summed E-state index contributed by atoms with van der Waals surface area (Å²) in [6, 6.07) is 25.6. The van der Waals surface area contributed by atoms with Crippen molar-refractivity contribution >= 4 is 17.7 Å². The number of halogens is 1. The van der Waals surface area contributed by atoms with Crippen molar-refractivity contribution in [3.63, 3.8) is 0 Å². The lowest BCUT2D eigenvalue weighted by molar-refractivity contribution is -0.120. The predicted octanol–water partition coefficient (Wildman–Crippen LogP) is 4.87. The second-order valence-corrected chi connectivity index (χ2v) is 8.26. The van der Waals surface area contributed by atoms with Gasteiger partial charge < -0.3 is 5.32 Å². The molecule has 0 saturated carbocycles. The number of hydrogen-bond donors (Lipinski definition) is 1. The van der Waals surface area contributed by atoms with Crippen molar-refractivity contribution in [1.29, 1.82) is 0 Å². The fourth-order valence-corrected chi connectivity index (χ4v) is 3.98. The quantitative estimate of drug-likeness (QED) is 0.423. The van der Waals surface area contributed by atoms with E-state index in [0.717, 1.165) is 16.8 Å². The van der Waals surface area contributed by atoms with E-state index in [1.807, 2.05) is 72.2 Å². The van der Waals surface area contributed by atoms with Crippen molar-refractivity contribution in [1.82, 2.24) is 20.1 Å². The molecular formula is C24H21FN4OS. The molecule has 0 spiro atoms. The Labute approximate surface area is 184 Å². The maximum atomic E-state index is 13.5. The number of benzene rings is 3. The lowest BCUT2D eigenvalue weighted by atomic mass is 10.2. The molecule has 0 saturated heterocycles. The molecule has 0 aliphatic carbocycles. The minimum Gasteiger partial charge on any atom is -0.351 e. The van der Waals surface area contributed by atoms with Gasteiger partial charge in [-0.15, -0.1) is 10.2 Å². The topological polar surface area (TPSA) is 59.8 Å². The summed E-state index contributed by atoms with van der Waals surface area (Å²) in [5, 5.41) is 11.8. The first-order chi connectivity index (χ1) is 15.1. The van der Waals surface area contributed by atoms with Crippen molar-refractivity contribution < 1.29 is 9.18 Å². The van der Waals surface area contributed by atoms with Gasteiger partial charge in [-0.05, 0) is 36.8 Å².